The molecule has 0 saturated carbocycles. The molecule has 130 valence electrons. The zero-order valence-corrected chi connectivity index (χ0v) is 14.1. The summed E-state index contributed by atoms with van der Waals surface area (Å²) in [5.41, 5.74) is 0.0566. The molecule has 1 amide bonds. The van der Waals surface area contributed by atoms with Crippen LogP contribution in [0.1, 0.15) is 26.3 Å². The van der Waals surface area contributed by atoms with Crippen molar-refractivity contribution < 1.29 is 18.3 Å². The van der Waals surface area contributed by atoms with Crippen LogP contribution in [-0.4, -0.2) is 41.9 Å². The highest BCUT2D eigenvalue weighted by Crippen LogP contribution is 2.34. The zero-order chi connectivity index (χ0) is 17.5. The fourth-order valence-electron chi connectivity index (χ4n) is 3.28. The third kappa shape index (κ3) is 4.10. The lowest BCUT2D eigenvalue weighted by Crippen LogP contribution is -2.35. The summed E-state index contributed by atoms with van der Waals surface area (Å²) in [7, 11) is 0. The third-order valence-corrected chi connectivity index (χ3v) is 4.32. The van der Waals surface area contributed by atoms with Crippen molar-refractivity contribution in [3.63, 3.8) is 0 Å². The number of benzene rings is 1. The van der Waals surface area contributed by atoms with Gasteiger partial charge in [0.05, 0.1) is 6.04 Å². The number of carbonyl (C=O) groups is 1. The normalized spacial score (nSPS) is 25.9. The first kappa shape index (κ1) is 16.9. The van der Waals surface area contributed by atoms with Crippen molar-refractivity contribution in [1.82, 2.24) is 4.90 Å². The molecule has 6 heteroatoms. The Labute approximate surface area is 140 Å². The summed E-state index contributed by atoms with van der Waals surface area (Å²) >= 11 is 0. The van der Waals surface area contributed by atoms with Gasteiger partial charge in [-0.25, -0.2) is 13.6 Å². The van der Waals surface area contributed by atoms with E-state index in [0.717, 1.165) is 6.07 Å². The molecule has 1 aromatic carbocycles. The van der Waals surface area contributed by atoms with E-state index in [1.54, 1.807) is 4.90 Å². The second-order valence-electron chi connectivity index (χ2n) is 7.58. The first-order valence-electron chi connectivity index (χ1n) is 8.17. The lowest BCUT2D eigenvalue weighted by Gasteiger charge is -2.24. The van der Waals surface area contributed by atoms with E-state index in [-0.39, 0.29) is 24.0 Å². The third-order valence-electron chi connectivity index (χ3n) is 4.32. The minimum atomic E-state index is -0.578. The van der Waals surface area contributed by atoms with Crippen molar-refractivity contribution in [2.24, 2.45) is 16.8 Å². The smallest absolute Gasteiger partial charge is 0.410 e. The molecular weight excluding hydrogens is 314 g/mol. The van der Waals surface area contributed by atoms with Crippen LogP contribution >= 0.6 is 0 Å². The van der Waals surface area contributed by atoms with Crippen LogP contribution in [0.25, 0.3) is 0 Å². The molecule has 0 spiro atoms. The van der Waals surface area contributed by atoms with Crippen LogP contribution in [0.15, 0.2) is 23.2 Å². The maximum Gasteiger partial charge on any atom is 0.410 e. The quantitative estimate of drug-likeness (QED) is 0.848. The van der Waals surface area contributed by atoms with E-state index in [9.17, 15) is 13.6 Å². The number of aliphatic imine (C=N–C) groups is 1. The van der Waals surface area contributed by atoms with E-state index in [2.05, 4.69) is 4.99 Å². The van der Waals surface area contributed by atoms with E-state index in [1.807, 2.05) is 27.0 Å². The van der Waals surface area contributed by atoms with Crippen LogP contribution in [0.5, 0.6) is 0 Å². The van der Waals surface area contributed by atoms with Gasteiger partial charge in [0.1, 0.15) is 17.2 Å². The van der Waals surface area contributed by atoms with Crippen LogP contribution < -0.4 is 0 Å². The van der Waals surface area contributed by atoms with Crippen LogP contribution in [0.2, 0.25) is 0 Å². The second-order valence-corrected chi connectivity index (χ2v) is 7.58. The second kappa shape index (κ2) is 6.15. The van der Waals surface area contributed by atoms with Gasteiger partial charge in [0.25, 0.3) is 0 Å². The van der Waals surface area contributed by atoms with Gasteiger partial charge >= 0.3 is 6.09 Å². The Morgan fingerprint density at radius 3 is 2.42 bits per heavy atom. The molecule has 2 aliphatic heterocycles. The Morgan fingerprint density at radius 1 is 1.25 bits per heavy atom. The maximum atomic E-state index is 13.4. The molecule has 3 atom stereocenters. The molecule has 0 aliphatic carbocycles. The van der Waals surface area contributed by atoms with Gasteiger partial charge in [0.15, 0.2) is 0 Å². The fourth-order valence-corrected chi connectivity index (χ4v) is 3.28. The lowest BCUT2D eigenvalue weighted by atomic mass is 9.87. The number of hydrogen-bond acceptors (Lipinski definition) is 3. The molecule has 1 aromatic rings. The summed E-state index contributed by atoms with van der Waals surface area (Å²) in [6.07, 6.45) is 2.03. The van der Waals surface area contributed by atoms with Gasteiger partial charge in [-0.2, -0.15) is 0 Å². The topological polar surface area (TPSA) is 41.9 Å². The number of amides is 1. The van der Waals surface area contributed by atoms with Gasteiger partial charge in [-0.15, -0.1) is 0 Å². The van der Waals surface area contributed by atoms with Gasteiger partial charge < -0.3 is 9.64 Å². The number of carbonyl (C=O) groups excluding carboxylic acids is 1. The van der Waals surface area contributed by atoms with E-state index in [0.29, 0.717) is 25.1 Å². The number of rotatable bonds is 3. The molecule has 3 rings (SSSR count). The summed E-state index contributed by atoms with van der Waals surface area (Å²) < 4.78 is 32.3. The summed E-state index contributed by atoms with van der Waals surface area (Å²) in [5, 5.41) is 0. The Balaban J connectivity index is 1.70. The van der Waals surface area contributed by atoms with Crippen molar-refractivity contribution >= 4 is 12.3 Å². The highest BCUT2D eigenvalue weighted by Gasteiger charge is 2.43. The predicted octanol–water partition coefficient (Wildman–Crippen LogP) is 3.44. The Hall–Kier alpha value is -1.98. The largest absolute Gasteiger partial charge is 0.444 e. The van der Waals surface area contributed by atoms with Gasteiger partial charge in [-0.3, -0.25) is 4.99 Å². The van der Waals surface area contributed by atoms with Crippen molar-refractivity contribution in [2.75, 3.05) is 13.1 Å². The molecule has 2 heterocycles. The maximum absolute atomic E-state index is 13.4. The minimum Gasteiger partial charge on any atom is -0.444 e. The first-order valence-corrected chi connectivity index (χ1v) is 8.17. The van der Waals surface area contributed by atoms with Crippen LogP contribution in [0.4, 0.5) is 13.6 Å². The fraction of sp³-hybridized carbons (Fsp3) is 0.556. The molecule has 3 unspecified atom stereocenters. The van der Waals surface area contributed by atoms with Gasteiger partial charge in [0, 0.05) is 31.3 Å². The average Bonchev–Trinajstić information content (AvgIpc) is 3.17. The summed E-state index contributed by atoms with van der Waals surface area (Å²) in [6.45, 7) is 6.56. The molecule has 1 saturated heterocycles. The van der Waals surface area contributed by atoms with E-state index in [4.69, 9.17) is 4.74 Å². The highest BCUT2D eigenvalue weighted by atomic mass is 19.1. The Morgan fingerprint density at radius 2 is 1.88 bits per heavy atom. The Kier molecular flexibility index (Phi) is 4.32. The summed E-state index contributed by atoms with van der Waals surface area (Å²) in [6, 6.07) is 3.70. The average molecular weight is 336 g/mol. The molecule has 0 N–H and O–H groups in total. The molecule has 0 radical (unpaired) electrons. The number of likely N-dealkylation sites (tertiary alicyclic amines) is 1. The van der Waals surface area contributed by atoms with E-state index >= 15 is 0 Å². The Bertz CT molecular complexity index is 643. The lowest BCUT2D eigenvalue weighted by molar-refractivity contribution is 0.0284. The zero-order valence-electron chi connectivity index (χ0n) is 14.1. The molecule has 4 nitrogen and oxygen atoms in total. The van der Waals surface area contributed by atoms with Crippen molar-refractivity contribution in [1.29, 1.82) is 0 Å². The molecule has 1 fully saturated rings. The van der Waals surface area contributed by atoms with Crippen molar-refractivity contribution in [3.8, 4) is 0 Å². The molecule has 0 aromatic heterocycles. The molecule has 24 heavy (non-hydrogen) atoms. The SMILES string of the molecule is CC(C)(C)OC(=O)N1CC(Cc2cc(F)cc(F)c2)C(C2C=N2)C1. The van der Waals surface area contributed by atoms with Gasteiger partial charge in [-0.1, -0.05) is 0 Å². The van der Waals surface area contributed by atoms with Crippen LogP contribution in [0.3, 0.4) is 0 Å². The van der Waals surface area contributed by atoms with Crippen LogP contribution in [-0.2, 0) is 11.2 Å². The van der Waals surface area contributed by atoms with Gasteiger partial charge in [-0.05, 0) is 50.8 Å². The summed E-state index contributed by atoms with van der Waals surface area (Å²) in [4.78, 5) is 18.2. The molecular formula is C18H22F2N2O2. The number of hydrogen-bond donors (Lipinski definition) is 0. The first-order chi connectivity index (χ1) is 11.2. The minimum absolute atomic E-state index is 0.103. The van der Waals surface area contributed by atoms with Gasteiger partial charge in [0.2, 0.25) is 0 Å². The predicted molar refractivity (Wildman–Crippen MR) is 87.1 cm³/mol. The standard InChI is InChI=1S/C18H22F2N2O2/c1-18(2,3)24-17(23)22-9-12(15(10-22)16-8-21-16)4-11-5-13(19)7-14(20)6-11/h5-8,12,15-16H,4,9-10H2,1-3H3. The number of halogens is 2. The van der Waals surface area contributed by atoms with E-state index in [1.165, 1.54) is 12.1 Å². The summed E-state index contributed by atoms with van der Waals surface area (Å²) in [5.74, 6) is -0.882. The monoisotopic (exact) mass is 336 g/mol. The number of nitrogens with zero attached hydrogens (tertiary/aromatic N) is 2. The van der Waals surface area contributed by atoms with E-state index < -0.39 is 17.2 Å². The number of ether oxygens (including phenoxy) is 1. The van der Waals surface area contributed by atoms with Crippen LogP contribution in [0, 0.1) is 23.5 Å². The van der Waals surface area contributed by atoms with Crippen molar-refractivity contribution in [2.45, 2.75) is 38.8 Å². The molecule has 2 aliphatic rings. The molecule has 0 bridgehead atoms. The van der Waals surface area contributed by atoms with Crippen molar-refractivity contribution in [3.05, 3.63) is 35.4 Å². The highest BCUT2D eigenvalue weighted by molar-refractivity contribution is 5.79.